The van der Waals surface area contributed by atoms with Gasteiger partial charge in [-0.15, -0.1) is 0 Å². The summed E-state index contributed by atoms with van der Waals surface area (Å²) in [6.07, 6.45) is 0. The molecular weight excluding hydrogens is 321 g/mol. The number of H-pyrrole nitrogens is 1. The van der Waals surface area contributed by atoms with Crippen molar-refractivity contribution in [2.45, 2.75) is 27.3 Å². The van der Waals surface area contributed by atoms with Gasteiger partial charge in [-0.1, -0.05) is 6.07 Å². The second-order valence-corrected chi connectivity index (χ2v) is 6.45. The molecule has 0 amide bonds. The van der Waals surface area contributed by atoms with Gasteiger partial charge in [-0.05, 0) is 38.0 Å². The molecule has 9 heteroatoms. The van der Waals surface area contributed by atoms with E-state index in [1.807, 2.05) is 13.0 Å². The van der Waals surface area contributed by atoms with Crippen LogP contribution in [0.3, 0.4) is 0 Å². The summed E-state index contributed by atoms with van der Waals surface area (Å²) in [5.41, 5.74) is 2.79. The molecular formula is C14H20N3O5P. The molecule has 0 saturated carbocycles. The highest BCUT2D eigenvalue weighted by atomic mass is 31.2. The van der Waals surface area contributed by atoms with E-state index >= 15 is 0 Å². The molecule has 8 nitrogen and oxygen atoms in total. The van der Waals surface area contributed by atoms with Crippen LogP contribution in [0.2, 0.25) is 0 Å². The summed E-state index contributed by atoms with van der Waals surface area (Å²) >= 11 is 0. The van der Waals surface area contributed by atoms with Gasteiger partial charge in [-0.25, -0.2) is 19.4 Å². The number of aromatic amines is 1. The maximum absolute atomic E-state index is 11.8. The van der Waals surface area contributed by atoms with Gasteiger partial charge in [0.1, 0.15) is 0 Å². The van der Waals surface area contributed by atoms with E-state index in [4.69, 9.17) is 9.26 Å². The molecule has 0 aliphatic rings. The third-order valence-electron chi connectivity index (χ3n) is 3.22. The van der Waals surface area contributed by atoms with E-state index in [0.717, 1.165) is 5.56 Å². The summed E-state index contributed by atoms with van der Waals surface area (Å²) in [5.74, 6) is -0.437. The highest BCUT2D eigenvalue weighted by molar-refractivity contribution is 7.50. The minimum atomic E-state index is -3.86. The number of fused-ring (bicyclic) bond motifs is 1. The number of carbonyl (C=O) groups is 1. The standard InChI is InChI=1S/C14H20N3O5P/c1-4-21-14(18)13-16-11-7-6-9(3)10(12(11)17-13)8-15-23(19,20)22-5-2/h6-7H,4-5,8H2,1-3H3,(H,16,17)(H2,15,19,20). The number of nitrogens with zero attached hydrogens (tertiary/aromatic N) is 1. The van der Waals surface area contributed by atoms with Crippen molar-refractivity contribution in [2.24, 2.45) is 0 Å². The van der Waals surface area contributed by atoms with E-state index in [2.05, 4.69) is 15.1 Å². The maximum Gasteiger partial charge on any atom is 0.403 e. The molecule has 1 heterocycles. The number of imidazole rings is 1. The van der Waals surface area contributed by atoms with Crippen molar-refractivity contribution in [3.8, 4) is 0 Å². The van der Waals surface area contributed by atoms with E-state index < -0.39 is 13.7 Å². The van der Waals surface area contributed by atoms with Crippen molar-refractivity contribution < 1.29 is 23.5 Å². The fraction of sp³-hybridized carbons (Fsp3) is 0.429. The predicted molar refractivity (Wildman–Crippen MR) is 85.1 cm³/mol. The minimum absolute atomic E-state index is 0.0874. The fourth-order valence-electron chi connectivity index (χ4n) is 2.15. The number of benzene rings is 1. The summed E-state index contributed by atoms with van der Waals surface area (Å²) in [7, 11) is -3.86. The van der Waals surface area contributed by atoms with E-state index in [1.54, 1.807) is 19.9 Å². The van der Waals surface area contributed by atoms with Gasteiger partial charge in [0.05, 0.1) is 24.2 Å². The Kier molecular flexibility index (Phi) is 5.54. The Labute approximate surface area is 133 Å². The number of nitrogens with one attached hydrogen (secondary N) is 2. The predicted octanol–water partition coefficient (Wildman–Crippen LogP) is 2.27. The summed E-state index contributed by atoms with van der Waals surface area (Å²) < 4.78 is 21.5. The van der Waals surface area contributed by atoms with Crippen LogP contribution in [0, 0.1) is 6.92 Å². The van der Waals surface area contributed by atoms with E-state index in [0.29, 0.717) is 16.6 Å². The van der Waals surface area contributed by atoms with Crippen LogP contribution in [0.5, 0.6) is 0 Å². The van der Waals surface area contributed by atoms with E-state index in [1.165, 1.54) is 0 Å². The lowest BCUT2D eigenvalue weighted by molar-refractivity contribution is 0.0513. The molecule has 2 rings (SSSR count). The number of rotatable bonds is 7. The van der Waals surface area contributed by atoms with Gasteiger partial charge in [0.15, 0.2) is 0 Å². The lowest BCUT2D eigenvalue weighted by Gasteiger charge is -2.13. The summed E-state index contributed by atoms with van der Waals surface area (Å²) in [6.45, 7) is 5.68. The SMILES string of the molecule is CCOC(=O)c1nc2c(CNP(=O)(O)OCC)c(C)ccc2[nH]1. The van der Waals surface area contributed by atoms with Crippen molar-refractivity contribution in [3.63, 3.8) is 0 Å². The van der Waals surface area contributed by atoms with Crippen LogP contribution in [0.1, 0.15) is 35.6 Å². The molecule has 0 aliphatic carbocycles. The fourth-order valence-corrected chi connectivity index (χ4v) is 2.95. The first-order valence-corrected chi connectivity index (χ1v) is 8.83. The number of hydrogen-bond acceptors (Lipinski definition) is 5. The Bertz CT molecular complexity index is 758. The van der Waals surface area contributed by atoms with E-state index in [-0.39, 0.29) is 25.6 Å². The highest BCUT2D eigenvalue weighted by Crippen LogP contribution is 2.37. The maximum atomic E-state index is 11.8. The van der Waals surface area contributed by atoms with Crippen LogP contribution in [0.15, 0.2) is 12.1 Å². The molecule has 1 aromatic carbocycles. The van der Waals surface area contributed by atoms with Crippen LogP contribution in [0.4, 0.5) is 0 Å². The molecule has 0 aliphatic heterocycles. The van der Waals surface area contributed by atoms with Crippen LogP contribution < -0.4 is 5.09 Å². The lowest BCUT2D eigenvalue weighted by atomic mass is 10.1. The van der Waals surface area contributed by atoms with Gasteiger partial charge in [0.25, 0.3) is 0 Å². The number of hydrogen-bond donors (Lipinski definition) is 3. The van der Waals surface area contributed by atoms with Crippen LogP contribution in [0.25, 0.3) is 11.0 Å². The van der Waals surface area contributed by atoms with Gasteiger partial charge in [-0.3, -0.25) is 4.52 Å². The molecule has 1 aromatic heterocycles. The number of aromatic nitrogens is 2. The van der Waals surface area contributed by atoms with Gasteiger partial charge >= 0.3 is 13.7 Å². The van der Waals surface area contributed by atoms with Crippen LogP contribution in [-0.2, 0) is 20.4 Å². The molecule has 1 unspecified atom stereocenters. The molecule has 0 bridgehead atoms. The van der Waals surface area contributed by atoms with Crippen molar-refractivity contribution in [1.82, 2.24) is 15.1 Å². The molecule has 126 valence electrons. The van der Waals surface area contributed by atoms with Crippen molar-refractivity contribution in [2.75, 3.05) is 13.2 Å². The smallest absolute Gasteiger partial charge is 0.403 e. The Morgan fingerprint density at radius 2 is 2.13 bits per heavy atom. The van der Waals surface area contributed by atoms with Gasteiger partial charge in [0.2, 0.25) is 5.82 Å². The topological polar surface area (TPSA) is 114 Å². The van der Waals surface area contributed by atoms with Crippen molar-refractivity contribution >= 4 is 24.7 Å². The third-order valence-corrected chi connectivity index (χ3v) is 4.39. The largest absolute Gasteiger partial charge is 0.460 e. The highest BCUT2D eigenvalue weighted by Gasteiger charge is 2.20. The zero-order chi connectivity index (χ0) is 17.0. The minimum Gasteiger partial charge on any atom is -0.460 e. The van der Waals surface area contributed by atoms with E-state index in [9.17, 15) is 14.3 Å². The second-order valence-electron chi connectivity index (χ2n) is 4.84. The van der Waals surface area contributed by atoms with Crippen LogP contribution in [-0.4, -0.2) is 34.0 Å². The number of esters is 1. The molecule has 2 aromatic rings. The first kappa shape index (κ1) is 17.6. The Morgan fingerprint density at radius 3 is 2.78 bits per heavy atom. The van der Waals surface area contributed by atoms with Gasteiger partial charge in [-0.2, -0.15) is 0 Å². The summed E-state index contributed by atoms with van der Waals surface area (Å²) in [4.78, 5) is 28.5. The zero-order valence-corrected chi connectivity index (χ0v) is 14.1. The molecule has 0 saturated heterocycles. The Hall–Kier alpha value is -1.73. The van der Waals surface area contributed by atoms with Gasteiger partial charge < -0.3 is 14.6 Å². The van der Waals surface area contributed by atoms with Crippen molar-refractivity contribution in [3.05, 3.63) is 29.1 Å². The number of aryl methyl sites for hydroxylation is 1. The lowest BCUT2D eigenvalue weighted by Crippen LogP contribution is -2.13. The first-order valence-electron chi connectivity index (χ1n) is 7.25. The number of carbonyl (C=O) groups excluding carboxylic acids is 1. The Morgan fingerprint density at radius 1 is 1.39 bits per heavy atom. The Balaban J connectivity index is 2.33. The van der Waals surface area contributed by atoms with Crippen molar-refractivity contribution in [1.29, 1.82) is 0 Å². The first-order chi connectivity index (χ1) is 10.9. The molecule has 0 fully saturated rings. The molecule has 3 N–H and O–H groups in total. The average Bonchev–Trinajstić information content (AvgIpc) is 2.90. The molecule has 23 heavy (non-hydrogen) atoms. The molecule has 0 radical (unpaired) electrons. The van der Waals surface area contributed by atoms with Crippen LogP contribution >= 0.6 is 7.75 Å². The second kappa shape index (κ2) is 7.23. The molecule has 0 spiro atoms. The molecule has 1 atom stereocenters. The average molecular weight is 341 g/mol. The normalized spacial score (nSPS) is 13.9. The van der Waals surface area contributed by atoms with Gasteiger partial charge in [0, 0.05) is 6.54 Å². The number of ether oxygens (including phenoxy) is 1. The zero-order valence-electron chi connectivity index (χ0n) is 13.3. The summed E-state index contributed by atoms with van der Waals surface area (Å²) in [5, 5.41) is 2.49. The monoisotopic (exact) mass is 341 g/mol. The quantitative estimate of drug-likeness (QED) is 0.523. The summed E-state index contributed by atoms with van der Waals surface area (Å²) in [6, 6.07) is 3.64. The third kappa shape index (κ3) is 4.17.